The Bertz CT molecular complexity index is 383. The van der Waals surface area contributed by atoms with Gasteiger partial charge in [-0.05, 0) is 49.9 Å². The van der Waals surface area contributed by atoms with Crippen molar-refractivity contribution < 1.29 is 9.53 Å². The highest BCUT2D eigenvalue weighted by molar-refractivity contribution is 6.30. The predicted molar refractivity (Wildman–Crippen MR) is 62.5 cm³/mol. The fraction of sp³-hybridized carbons (Fsp3) is 0.417. The number of rotatable bonds is 3. The van der Waals surface area contributed by atoms with Crippen LogP contribution in [0.25, 0.3) is 0 Å². The highest BCUT2D eigenvalue weighted by Crippen LogP contribution is 2.34. The molecule has 3 nitrogen and oxygen atoms in total. The van der Waals surface area contributed by atoms with Gasteiger partial charge in [-0.15, -0.1) is 0 Å². The molecule has 86 valence electrons. The summed E-state index contributed by atoms with van der Waals surface area (Å²) in [4.78, 5) is 11.5. The fourth-order valence-electron chi connectivity index (χ4n) is 2.07. The maximum absolute atomic E-state index is 11.5. The Morgan fingerprint density at radius 1 is 1.25 bits per heavy atom. The van der Waals surface area contributed by atoms with Gasteiger partial charge >= 0.3 is 0 Å². The van der Waals surface area contributed by atoms with Crippen LogP contribution in [0.15, 0.2) is 24.3 Å². The fourth-order valence-corrected chi connectivity index (χ4v) is 2.20. The number of carbonyl (C=O) groups excluding carboxylic acids is 1. The average Bonchev–Trinajstić information content (AvgIpc) is 2.71. The highest BCUT2D eigenvalue weighted by atomic mass is 35.5. The first-order chi connectivity index (χ1) is 7.62. The molecule has 16 heavy (non-hydrogen) atoms. The Balaban J connectivity index is 2.18. The normalized spacial score (nSPS) is 18.3. The van der Waals surface area contributed by atoms with Gasteiger partial charge in [-0.3, -0.25) is 4.79 Å². The molecule has 1 saturated carbocycles. The smallest absolute Gasteiger partial charge is 0.261 e. The van der Waals surface area contributed by atoms with Gasteiger partial charge < -0.3 is 10.5 Å². The molecule has 1 amide bonds. The van der Waals surface area contributed by atoms with E-state index in [1.165, 1.54) is 0 Å². The Morgan fingerprint density at radius 2 is 1.81 bits per heavy atom. The molecule has 1 aromatic carbocycles. The maximum Gasteiger partial charge on any atom is 0.261 e. The van der Waals surface area contributed by atoms with E-state index in [4.69, 9.17) is 22.1 Å². The van der Waals surface area contributed by atoms with E-state index in [9.17, 15) is 4.79 Å². The van der Waals surface area contributed by atoms with E-state index in [2.05, 4.69) is 0 Å². The number of nitrogens with two attached hydrogens (primary N) is 1. The van der Waals surface area contributed by atoms with Crippen molar-refractivity contribution in [2.45, 2.75) is 31.3 Å². The van der Waals surface area contributed by atoms with E-state index >= 15 is 0 Å². The number of amides is 1. The second kappa shape index (κ2) is 4.34. The van der Waals surface area contributed by atoms with E-state index in [1.54, 1.807) is 24.3 Å². The predicted octanol–water partition coefficient (Wildman–Crippen LogP) is 2.52. The molecule has 1 aliphatic carbocycles. The minimum absolute atomic E-state index is 0.375. The molecule has 0 radical (unpaired) electrons. The molecule has 0 aromatic heterocycles. The molecule has 1 fully saturated rings. The summed E-state index contributed by atoms with van der Waals surface area (Å²) in [5.41, 5.74) is 4.61. The van der Waals surface area contributed by atoms with Crippen molar-refractivity contribution in [3.8, 4) is 5.75 Å². The Kier molecular flexibility index (Phi) is 3.06. The van der Waals surface area contributed by atoms with E-state index in [0.29, 0.717) is 23.6 Å². The molecule has 0 bridgehead atoms. The van der Waals surface area contributed by atoms with Crippen LogP contribution in [0, 0.1) is 0 Å². The van der Waals surface area contributed by atoms with Crippen molar-refractivity contribution in [3.05, 3.63) is 29.3 Å². The van der Waals surface area contributed by atoms with Crippen molar-refractivity contribution in [2.75, 3.05) is 0 Å². The van der Waals surface area contributed by atoms with E-state index in [-0.39, 0.29) is 5.91 Å². The van der Waals surface area contributed by atoms with Gasteiger partial charge in [0.25, 0.3) is 5.91 Å². The summed E-state index contributed by atoms with van der Waals surface area (Å²) >= 11 is 5.78. The third-order valence-electron chi connectivity index (χ3n) is 2.99. The second-order valence-corrected chi connectivity index (χ2v) is 4.56. The number of benzene rings is 1. The van der Waals surface area contributed by atoms with Crippen LogP contribution in [0.2, 0.25) is 5.02 Å². The first-order valence-electron chi connectivity index (χ1n) is 5.37. The van der Waals surface area contributed by atoms with E-state index in [0.717, 1.165) is 12.8 Å². The average molecular weight is 240 g/mol. The zero-order valence-corrected chi connectivity index (χ0v) is 9.67. The Labute approximate surface area is 99.5 Å². The van der Waals surface area contributed by atoms with E-state index < -0.39 is 5.60 Å². The monoisotopic (exact) mass is 239 g/mol. The molecule has 0 saturated heterocycles. The third kappa shape index (κ3) is 2.14. The van der Waals surface area contributed by atoms with Crippen LogP contribution in [-0.2, 0) is 4.79 Å². The molecule has 2 rings (SSSR count). The molecule has 0 unspecified atom stereocenters. The maximum atomic E-state index is 11.5. The summed E-state index contributed by atoms with van der Waals surface area (Å²) in [6.07, 6.45) is 3.36. The van der Waals surface area contributed by atoms with Crippen molar-refractivity contribution in [1.82, 2.24) is 0 Å². The summed E-state index contributed by atoms with van der Waals surface area (Å²) in [5, 5.41) is 0.645. The molecule has 4 heteroatoms. The van der Waals surface area contributed by atoms with Crippen molar-refractivity contribution in [1.29, 1.82) is 0 Å². The number of ether oxygens (including phenoxy) is 1. The molecule has 1 aliphatic rings. The molecule has 0 aliphatic heterocycles. The summed E-state index contributed by atoms with van der Waals surface area (Å²) in [6, 6.07) is 6.98. The van der Waals surface area contributed by atoms with Crippen LogP contribution in [0.1, 0.15) is 25.7 Å². The number of carbonyl (C=O) groups is 1. The van der Waals surface area contributed by atoms with Gasteiger partial charge in [0.05, 0.1) is 0 Å². The summed E-state index contributed by atoms with van der Waals surface area (Å²) in [7, 11) is 0. The van der Waals surface area contributed by atoms with Crippen molar-refractivity contribution in [2.24, 2.45) is 5.73 Å². The highest BCUT2D eigenvalue weighted by Gasteiger charge is 2.41. The molecular formula is C12H14ClNO2. The van der Waals surface area contributed by atoms with Crippen LogP contribution in [0.4, 0.5) is 0 Å². The van der Waals surface area contributed by atoms with Crippen LogP contribution in [-0.4, -0.2) is 11.5 Å². The molecule has 0 atom stereocenters. The molecular weight excluding hydrogens is 226 g/mol. The molecule has 0 heterocycles. The molecule has 2 N–H and O–H groups in total. The van der Waals surface area contributed by atoms with Crippen LogP contribution < -0.4 is 10.5 Å². The molecule has 1 aromatic rings. The van der Waals surface area contributed by atoms with Gasteiger partial charge in [0.15, 0.2) is 5.60 Å². The summed E-state index contributed by atoms with van der Waals surface area (Å²) in [6.45, 7) is 0. The Hall–Kier alpha value is -1.22. The number of halogens is 1. The minimum Gasteiger partial charge on any atom is -0.477 e. The number of hydrogen-bond donors (Lipinski definition) is 1. The van der Waals surface area contributed by atoms with Gasteiger partial charge in [0.1, 0.15) is 5.75 Å². The minimum atomic E-state index is -0.812. The number of hydrogen-bond acceptors (Lipinski definition) is 2. The second-order valence-electron chi connectivity index (χ2n) is 4.12. The lowest BCUT2D eigenvalue weighted by Gasteiger charge is -2.26. The molecule has 0 spiro atoms. The third-order valence-corrected chi connectivity index (χ3v) is 3.24. The quantitative estimate of drug-likeness (QED) is 0.881. The first-order valence-corrected chi connectivity index (χ1v) is 5.75. The lowest BCUT2D eigenvalue weighted by atomic mass is 10.0. The van der Waals surface area contributed by atoms with Gasteiger partial charge in [0, 0.05) is 5.02 Å². The summed E-state index contributed by atoms with van der Waals surface area (Å²) < 4.78 is 5.75. The van der Waals surface area contributed by atoms with Crippen molar-refractivity contribution >= 4 is 17.5 Å². The van der Waals surface area contributed by atoms with Gasteiger partial charge in [0.2, 0.25) is 0 Å². The van der Waals surface area contributed by atoms with Gasteiger partial charge in [-0.2, -0.15) is 0 Å². The number of primary amides is 1. The standard InChI is InChI=1S/C12H14ClNO2/c13-9-3-5-10(6-4-9)16-12(11(14)15)7-1-2-8-12/h3-6H,1-2,7-8H2,(H2,14,15). The largest absolute Gasteiger partial charge is 0.477 e. The van der Waals surface area contributed by atoms with Crippen LogP contribution in [0.5, 0.6) is 5.75 Å². The van der Waals surface area contributed by atoms with Crippen LogP contribution in [0.3, 0.4) is 0 Å². The zero-order chi connectivity index (χ0) is 11.6. The summed E-state index contributed by atoms with van der Waals surface area (Å²) in [5.74, 6) is 0.269. The van der Waals surface area contributed by atoms with E-state index in [1.807, 2.05) is 0 Å². The van der Waals surface area contributed by atoms with Gasteiger partial charge in [-0.1, -0.05) is 11.6 Å². The van der Waals surface area contributed by atoms with Gasteiger partial charge in [-0.25, -0.2) is 0 Å². The zero-order valence-electron chi connectivity index (χ0n) is 8.91. The van der Waals surface area contributed by atoms with Crippen LogP contribution >= 0.6 is 11.6 Å². The first kappa shape index (κ1) is 11.3. The Morgan fingerprint density at radius 3 is 2.31 bits per heavy atom. The SMILES string of the molecule is NC(=O)C1(Oc2ccc(Cl)cc2)CCCC1. The van der Waals surface area contributed by atoms with Crippen molar-refractivity contribution in [3.63, 3.8) is 0 Å². The topological polar surface area (TPSA) is 52.3 Å². The lowest BCUT2D eigenvalue weighted by Crippen LogP contribution is -2.46. The lowest BCUT2D eigenvalue weighted by molar-refractivity contribution is -0.132.